The molecular weight excluding hydrogens is 367 g/mol. The molecule has 1 heterocycles. The number of halogens is 2. The number of benzene rings is 1. The van der Waals surface area contributed by atoms with Crippen LogP contribution in [-0.2, 0) is 20.8 Å². The van der Waals surface area contributed by atoms with E-state index in [1.807, 2.05) is 0 Å². The first-order valence-electron chi connectivity index (χ1n) is 6.87. The Morgan fingerprint density at radius 3 is 2.20 bits per heavy atom. The van der Waals surface area contributed by atoms with E-state index in [9.17, 15) is 0 Å². The van der Waals surface area contributed by atoms with Crippen LogP contribution < -0.4 is 0 Å². The summed E-state index contributed by atoms with van der Waals surface area (Å²) >= 11 is -0.826. The van der Waals surface area contributed by atoms with Crippen molar-refractivity contribution in [1.82, 2.24) is 4.81 Å². The van der Waals surface area contributed by atoms with E-state index in [2.05, 4.69) is 75.1 Å². The zero-order valence-electron chi connectivity index (χ0n) is 12.5. The molecular formula is C15H21BCl2NZr-. The molecule has 0 atom stereocenters. The van der Waals surface area contributed by atoms with Crippen molar-refractivity contribution in [3.05, 3.63) is 47.7 Å². The molecule has 20 heavy (non-hydrogen) atoms. The third kappa shape index (κ3) is 5.26. The van der Waals surface area contributed by atoms with E-state index in [0.29, 0.717) is 18.9 Å². The van der Waals surface area contributed by atoms with E-state index >= 15 is 0 Å². The van der Waals surface area contributed by atoms with Crippen LogP contribution in [0.3, 0.4) is 0 Å². The average molecular weight is 388 g/mol. The molecule has 108 valence electrons. The predicted octanol–water partition coefficient (Wildman–Crippen LogP) is 4.83. The van der Waals surface area contributed by atoms with Crippen LogP contribution in [0.4, 0.5) is 0 Å². The third-order valence-electron chi connectivity index (χ3n) is 3.36. The predicted molar refractivity (Wildman–Crippen MR) is 88.4 cm³/mol. The van der Waals surface area contributed by atoms with Crippen LogP contribution in [0.15, 0.2) is 30.2 Å². The zero-order chi connectivity index (χ0) is 15.1. The Bertz CT molecular complexity index is 430. The van der Waals surface area contributed by atoms with E-state index in [1.165, 1.54) is 11.1 Å². The molecule has 0 unspecified atom stereocenters. The van der Waals surface area contributed by atoms with Gasteiger partial charge in [-0.15, -0.1) is 29.7 Å². The van der Waals surface area contributed by atoms with Crippen molar-refractivity contribution < 1.29 is 20.8 Å². The van der Waals surface area contributed by atoms with Crippen LogP contribution in [0, 0.1) is 6.32 Å². The summed E-state index contributed by atoms with van der Waals surface area (Å²) in [6.07, 6.45) is 4.62. The first-order chi connectivity index (χ1) is 9.51. The monoisotopic (exact) mass is 386 g/mol. The standard InChI is InChI=1S/C15H21BN.2ClH.Zr/c1-12(2)17(13(3)4)16-10-9-14-7-5-6-8-15(14)11-16;;;/h5-13H,1-4H3;2*1H;/q-1;;;+2/p-2. The molecule has 1 aromatic rings. The third-order valence-corrected chi connectivity index (χ3v) is 3.36. The van der Waals surface area contributed by atoms with Crippen molar-refractivity contribution in [3.63, 3.8) is 0 Å². The summed E-state index contributed by atoms with van der Waals surface area (Å²) in [7, 11) is 9.87. The van der Waals surface area contributed by atoms with Crippen LogP contribution in [0.2, 0.25) is 0 Å². The van der Waals surface area contributed by atoms with Gasteiger partial charge in [0.1, 0.15) is 0 Å². The first kappa shape index (κ1) is 18.4. The van der Waals surface area contributed by atoms with Gasteiger partial charge in [0, 0.05) is 0 Å². The maximum atomic E-state index is 4.93. The van der Waals surface area contributed by atoms with Gasteiger partial charge in [-0.2, -0.15) is 17.9 Å². The molecule has 0 aliphatic carbocycles. The van der Waals surface area contributed by atoms with Gasteiger partial charge >= 0.3 is 37.9 Å². The van der Waals surface area contributed by atoms with Gasteiger partial charge in [-0.05, 0) is 12.1 Å². The maximum absolute atomic E-state index is 4.93. The van der Waals surface area contributed by atoms with Crippen molar-refractivity contribution in [3.8, 4) is 0 Å². The van der Waals surface area contributed by atoms with Gasteiger partial charge in [0.05, 0.1) is 0 Å². The minimum absolute atomic E-state index is 0.421. The second-order valence-corrected chi connectivity index (χ2v) is 9.08. The van der Waals surface area contributed by atoms with Crippen molar-refractivity contribution >= 4 is 29.9 Å². The molecule has 0 N–H and O–H groups in total. The second kappa shape index (κ2) is 9.36. The summed E-state index contributed by atoms with van der Waals surface area (Å²) in [5, 5.41) is 0. The summed E-state index contributed by atoms with van der Waals surface area (Å²) in [5.41, 5.74) is 2.68. The normalized spacial score (nSPS) is 12.9. The van der Waals surface area contributed by atoms with Gasteiger partial charge in [0.15, 0.2) is 0 Å². The SMILES string of the molecule is CC(C)N(B1C=Cc2ccccc2[CH-]1)C(C)C.[Cl][Zr][Cl]. The Morgan fingerprint density at radius 1 is 1.10 bits per heavy atom. The molecule has 0 radical (unpaired) electrons. The molecule has 0 saturated carbocycles. The molecule has 0 saturated heterocycles. The molecule has 1 aliphatic rings. The Balaban J connectivity index is 0.000000612. The number of hydrogen-bond donors (Lipinski definition) is 0. The molecule has 1 aliphatic heterocycles. The molecule has 0 aromatic heterocycles. The van der Waals surface area contributed by atoms with E-state index in [4.69, 9.17) is 17.0 Å². The number of nitrogens with zero attached hydrogens (tertiary/aromatic N) is 1. The number of rotatable bonds is 3. The van der Waals surface area contributed by atoms with Gasteiger partial charge in [-0.1, -0.05) is 33.8 Å². The Morgan fingerprint density at radius 2 is 1.65 bits per heavy atom. The van der Waals surface area contributed by atoms with Gasteiger partial charge < -0.3 is 4.81 Å². The van der Waals surface area contributed by atoms with Crippen LogP contribution in [0.5, 0.6) is 0 Å². The van der Waals surface area contributed by atoms with Crippen molar-refractivity contribution in [2.75, 3.05) is 0 Å². The fourth-order valence-corrected chi connectivity index (χ4v) is 2.73. The quantitative estimate of drug-likeness (QED) is 0.530. The first-order valence-corrected chi connectivity index (χ1v) is 13.2. The topological polar surface area (TPSA) is 3.24 Å². The summed E-state index contributed by atoms with van der Waals surface area (Å²) in [6.45, 7) is 9.49. The van der Waals surface area contributed by atoms with E-state index < -0.39 is 20.8 Å². The molecule has 2 rings (SSSR count). The van der Waals surface area contributed by atoms with E-state index in [0.717, 1.165) is 0 Å². The average Bonchev–Trinajstić information content (AvgIpc) is 2.38. The summed E-state index contributed by atoms with van der Waals surface area (Å²) in [5.74, 6) is 2.31. The Hall–Kier alpha value is 0.318. The van der Waals surface area contributed by atoms with Gasteiger partial charge in [0.25, 0.3) is 0 Å². The second-order valence-electron chi connectivity index (χ2n) is 5.35. The van der Waals surface area contributed by atoms with Crippen molar-refractivity contribution in [2.45, 2.75) is 39.8 Å². The number of fused-ring (bicyclic) bond motifs is 1. The number of hydrogen-bond acceptors (Lipinski definition) is 1. The van der Waals surface area contributed by atoms with Crippen molar-refractivity contribution in [1.29, 1.82) is 0 Å². The van der Waals surface area contributed by atoms with E-state index in [-0.39, 0.29) is 0 Å². The fraction of sp³-hybridized carbons (Fsp3) is 0.400. The van der Waals surface area contributed by atoms with Gasteiger partial charge in [0.2, 0.25) is 6.85 Å². The van der Waals surface area contributed by atoms with Crippen molar-refractivity contribution in [2.24, 2.45) is 0 Å². The summed E-state index contributed by atoms with van der Waals surface area (Å²) in [6, 6.07) is 9.70. The van der Waals surface area contributed by atoms with Crippen LogP contribution in [0.1, 0.15) is 38.8 Å². The van der Waals surface area contributed by atoms with Crippen LogP contribution >= 0.6 is 17.0 Å². The Labute approximate surface area is 142 Å². The molecule has 0 spiro atoms. The summed E-state index contributed by atoms with van der Waals surface area (Å²) < 4.78 is 0. The molecule has 1 aromatic carbocycles. The Kier molecular flexibility index (Phi) is 8.59. The molecule has 1 nitrogen and oxygen atoms in total. The molecule has 0 bridgehead atoms. The van der Waals surface area contributed by atoms with Crippen LogP contribution in [0.25, 0.3) is 6.08 Å². The van der Waals surface area contributed by atoms with Gasteiger partial charge in [-0.3, -0.25) is 0 Å². The molecule has 0 amide bonds. The van der Waals surface area contributed by atoms with Crippen LogP contribution in [-0.4, -0.2) is 23.7 Å². The fourth-order valence-electron chi connectivity index (χ4n) is 2.73. The summed E-state index contributed by atoms with van der Waals surface area (Å²) in [4.78, 5) is 2.53. The van der Waals surface area contributed by atoms with E-state index in [1.54, 1.807) is 0 Å². The zero-order valence-corrected chi connectivity index (χ0v) is 16.4. The van der Waals surface area contributed by atoms with Gasteiger partial charge in [-0.25, -0.2) is 0 Å². The molecule has 5 heteroatoms. The minimum atomic E-state index is -0.826. The molecule has 0 fully saturated rings.